The Morgan fingerprint density at radius 2 is 1.31 bits per heavy atom. The molecule has 0 aliphatic rings. The molecule has 2 N–H and O–H groups in total. The quantitative estimate of drug-likeness (QED) is 0.769. The van der Waals surface area contributed by atoms with Crippen LogP contribution in [0, 0.1) is 0 Å². The van der Waals surface area contributed by atoms with Crippen molar-refractivity contribution in [1.29, 1.82) is 0 Å². The summed E-state index contributed by atoms with van der Waals surface area (Å²) in [4.78, 5) is 10.2. The summed E-state index contributed by atoms with van der Waals surface area (Å²) in [5.74, 6) is -3.87. The Labute approximate surface area is 149 Å². The van der Waals surface area contributed by atoms with Crippen LogP contribution in [0.1, 0.15) is 6.92 Å². The molecule has 0 spiro atoms. The van der Waals surface area contributed by atoms with Crippen LogP contribution in [0.4, 0.5) is 20.2 Å². The Morgan fingerprint density at radius 1 is 0.846 bits per heavy atom. The molecule has 2 aromatic carbocycles. The van der Waals surface area contributed by atoms with Gasteiger partial charge in [0.25, 0.3) is 10.0 Å². The summed E-state index contributed by atoms with van der Waals surface area (Å²) in [6, 6.07) is 9.24. The van der Waals surface area contributed by atoms with Gasteiger partial charge in [0.1, 0.15) is 0 Å². The first-order valence-corrected chi connectivity index (χ1v) is 10.1. The van der Waals surface area contributed by atoms with Gasteiger partial charge in [-0.25, -0.2) is 16.8 Å². The monoisotopic (exact) mass is 404 g/mol. The minimum absolute atomic E-state index is 0.00385. The molecule has 0 saturated carbocycles. The maximum atomic E-state index is 12.5. The second-order valence-electron chi connectivity index (χ2n) is 5.14. The zero-order valence-electron chi connectivity index (χ0n) is 13.3. The molecule has 140 valence electrons. The molecule has 11 heteroatoms. The third-order valence-electron chi connectivity index (χ3n) is 3.15. The number of sulfonamides is 1. The molecule has 0 aliphatic carbocycles. The maximum Gasteiger partial charge on any atom is 0.341 e. The van der Waals surface area contributed by atoms with Gasteiger partial charge in [-0.05, 0) is 48.5 Å². The van der Waals surface area contributed by atoms with Crippen molar-refractivity contribution in [3.63, 3.8) is 0 Å². The molecule has 2 rings (SSSR count). The van der Waals surface area contributed by atoms with E-state index >= 15 is 0 Å². The summed E-state index contributed by atoms with van der Waals surface area (Å²) in [6.45, 7) is 1.31. The first-order chi connectivity index (χ1) is 12.0. The van der Waals surface area contributed by atoms with Gasteiger partial charge in [-0.15, -0.1) is 0 Å². The second kappa shape index (κ2) is 7.38. The molecule has 0 heterocycles. The maximum absolute atomic E-state index is 12.5. The van der Waals surface area contributed by atoms with E-state index < -0.39 is 30.5 Å². The van der Waals surface area contributed by atoms with E-state index in [0.29, 0.717) is 5.69 Å². The average Bonchev–Trinajstić information content (AvgIpc) is 2.54. The van der Waals surface area contributed by atoms with Crippen LogP contribution in [0.25, 0.3) is 0 Å². The number of amides is 1. The lowest BCUT2D eigenvalue weighted by Gasteiger charge is -2.10. The van der Waals surface area contributed by atoms with Gasteiger partial charge in [-0.2, -0.15) is 8.78 Å². The van der Waals surface area contributed by atoms with Gasteiger partial charge in [0.2, 0.25) is 15.7 Å². The fourth-order valence-corrected chi connectivity index (χ4v) is 3.73. The van der Waals surface area contributed by atoms with E-state index in [4.69, 9.17) is 0 Å². The van der Waals surface area contributed by atoms with Crippen molar-refractivity contribution >= 4 is 37.1 Å². The van der Waals surface area contributed by atoms with Gasteiger partial charge >= 0.3 is 5.76 Å². The van der Waals surface area contributed by atoms with Crippen LogP contribution in [-0.2, 0) is 24.7 Å². The lowest BCUT2D eigenvalue weighted by atomic mass is 10.3. The highest BCUT2D eigenvalue weighted by molar-refractivity contribution is 7.92. The van der Waals surface area contributed by atoms with Gasteiger partial charge in [0.05, 0.1) is 9.79 Å². The topological polar surface area (TPSA) is 109 Å². The smallest absolute Gasteiger partial charge is 0.326 e. The number of benzene rings is 2. The highest BCUT2D eigenvalue weighted by atomic mass is 32.2. The third-order valence-corrected chi connectivity index (χ3v) is 5.95. The average molecular weight is 404 g/mol. The number of sulfone groups is 1. The van der Waals surface area contributed by atoms with Gasteiger partial charge in [-0.3, -0.25) is 9.52 Å². The van der Waals surface area contributed by atoms with E-state index in [-0.39, 0.29) is 16.5 Å². The van der Waals surface area contributed by atoms with E-state index in [2.05, 4.69) is 10.0 Å². The summed E-state index contributed by atoms with van der Waals surface area (Å²) >= 11 is 0. The van der Waals surface area contributed by atoms with Crippen molar-refractivity contribution in [2.24, 2.45) is 0 Å². The standard InChI is InChI=1S/C15H14F2N2O5S2/c1-10(20)18-11-2-8-14(9-3-11)26(23,24)19-12-4-6-13(7-5-12)25(21,22)15(16)17/h2-9,15,19H,1H3,(H,18,20). The number of rotatable bonds is 6. The molecule has 1 amide bonds. The molecule has 0 bridgehead atoms. The number of hydrogen-bond donors (Lipinski definition) is 2. The molecule has 0 aliphatic heterocycles. The van der Waals surface area contributed by atoms with E-state index in [0.717, 1.165) is 24.3 Å². The van der Waals surface area contributed by atoms with Gasteiger partial charge in [0.15, 0.2) is 0 Å². The molecule has 0 unspecified atom stereocenters. The molecular weight excluding hydrogens is 390 g/mol. The highest BCUT2D eigenvalue weighted by Crippen LogP contribution is 2.22. The normalized spacial score (nSPS) is 12.0. The number of nitrogens with one attached hydrogen (secondary N) is 2. The first-order valence-electron chi connectivity index (χ1n) is 7.05. The molecule has 0 saturated heterocycles. The van der Waals surface area contributed by atoms with E-state index in [1.54, 1.807) is 0 Å². The fourth-order valence-electron chi connectivity index (χ4n) is 1.95. The number of halogens is 2. The minimum Gasteiger partial charge on any atom is -0.326 e. The van der Waals surface area contributed by atoms with Crippen molar-refractivity contribution in [1.82, 2.24) is 0 Å². The van der Waals surface area contributed by atoms with E-state index in [1.807, 2.05) is 0 Å². The molecule has 0 radical (unpaired) electrons. The Bertz CT molecular complexity index is 1000. The number of hydrogen-bond acceptors (Lipinski definition) is 5. The predicted octanol–water partition coefficient (Wildman–Crippen LogP) is 2.44. The molecule has 0 atom stereocenters. The second-order valence-corrected chi connectivity index (χ2v) is 8.74. The summed E-state index contributed by atoms with van der Waals surface area (Å²) in [7, 11) is -8.73. The van der Waals surface area contributed by atoms with Gasteiger partial charge in [-0.1, -0.05) is 0 Å². The van der Waals surface area contributed by atoms with Crippen molar-refractivity contribution < 1.29 is 30.4 Å². The fraction of sp³-hybridized carbons (Fsp3) is 0.133. The molecular formula is C15H14F2N2O5S2. The zero-order chi connectivity index (χ0) is 19.5. The highest BCUT2D eigenvalue weighted by Gasteiger charge is 2.26. The predicted molar refractivity (Wildman–Crippen MR) is 91.2 cm³/mol. The lowest BCUT2D eigenvalue weighted by molar-refractivity contribution is -0.114. The van der Waals surface area contributed by atoms with Crippen molar-refractivity contribution in [3.8, 4) is 0 Å². The molecule has 26 heavy (non-hydrogen) atoms. The molecule has 2 aromatic rings. The van der Waals surface area contributed by atoms with Crippen LogP contribution >= 0.6 is 0 Å². The number of carbonyl (C=O) groups excluding carboxylic acids is 1. The van der Waals surface area contributed by atoms with Crippen molar-refractivity contribution in [2.75, 3.05) is 10.0 Å². The minimum atomic E-state index is -4.75. The van der Waals surface area contributed by atoms with Crippen LogP contribution in [-0.4, -0.2) is 28.5 Å². The van der Waals surface area contributed by atoms with Gasteiger partial charge < -0.3 is 5.32 Å². The first kappa shape index (κ1) is 19.8. The number of anilines is 2. The third kappa shape index (κ3) is 4.55. The van der Waals surface area contributed by atoms with E-state index in [1.165, 1.54) is 31.2 Å². The Morgan fingerprint density at radius 3 is 1.77 bits per heavy atom. The summed E-state index contributed by atoms with van der Waals surface area (Å²) in [6.07, 6.45) is 0. The summed E-state index contributed by atoms with van der Waals surface area (Å²) in [5.41, 5.74) is 0.419. The Balaban J connectivity index is 2.20. The largest absolute Gasteiger partial charge is 0.341 e. The van der Waals surface area contributed by atoms with Gasteiger partial charge in [0, 0.05) is 18.3 Å². The zero-order valence-corrected chi connectivity index (χ0v) is 14.9. The van der Waals surface area contributed by atoms with Crippen LogP contribution < -0.4 is 10.0 Å². The van der Waals surface area contributed by atoms with Crippen molar-refractivity contribution in [2.45, 2.75) is 22.5 Å². The van der Waals surface area contributed by atoms with Crippen LogP contribution in [0.15, 0.2) is 58.3 Å². The number of alkyl halides is 2. The molecule has 0 aromatic heterocycles. The van der Waals surface area contributed by atoms with Crippen molar-refractivity contribution in [3.05, 3.63) is 48.5 Å². The summed E-state index contributed by atoms with van der Waals surface area (Å²) in [5, 5.41) is 2.49. The lowest BCUT2D eigenvalue weighted by Crippen LogP contribution is -2.14. The Hall–Kier alpha value is -2.53. The molecule has 7 nitrogen and oxygen atoms in total. The van der Waals surface area contributed by atoms with Crippen LogP contribution in [0.2, 0.25) is 0 Å². The molecule has 0 fully saturated rings. The Kier molecular flexibility index (Phi) is 5.62. The van der Waals surface area contributed by atoms with Crippen LogP contribution in [0.3, 0.4) is 0 Å². The number of carbonyl (C=O) groups is 1. The van der Waals surface area contributed by atoms with Crippen LogP contribution in [0.5, 0.6) is 0 Å². The van der Waals surface area contributed by atoms with E-state index in [9.17, 15) is 30.4 Å². The SMILES string of the molecule is CC(=O)Nc1ccc(S(=O)(=O)Nc2ccc(S(=O)(=O)C(F)F)cc2)cc1. The summed E-state index contributed by atoms with van der Waals surface area (Å²) < 4.78 is 74.4.